The summed E-state index contributed by atoms with van der Waals surface area (Å²) < 4.78 is 0. The predicted molar refractivity (Wildman–Crippen MR) is 68.7 cm³/mol. The Labute approximate surface area is 113 Å². The molecule has 5 heteroatoms. The van der Waals surface area contributed by atoms with Crippen LogP contribution < -0.4 is 5.73 Å². The van der Waals surface area contributed by atoms with Gasteiger partial charge in [-0.25, -0.2) is 0 Å². The Balaban J connectivity index is 1.78. The molecule has 0 spiro atoms. The number of carbonyl (C=O) groups is 1. The van der Waals surface area contributed by atoms with Gasteiger partial charge in [0.25, 0.3) is 0 Å². The van der Waals surface area contributed by atoms with E-state index >= 15 is 0 Å². The Morgan fingerprint density at radius 2 is 2.16 bits per heavy atom. The minimum Gasteiger partial charge on any atom is -0.396 e. The van der Waals surface area contributed by atoms with Crippen molar-refractivity contribution in [2.75, 3.05) is 6.61 Å². The number of amides is 1. The van der Waals surface area contributed by atoms with Gasteiger partial charge in [-0.2, -0.15) is 5.26 Å². The van der Waals surface area contributed by atoms with Gasteiger partial charge in [0.2, 0.25) is 5.91 Å². The van der Waals surface area contributed by atoms with Crippen molar-refractivity contribution in [3.63, 3.8) is 0 Å². The molecule has 2 aliphatic carbocycles. The zero-order valence-electron chi connectivity index (χ0n) is 11.1. The molecule has 0 bridgehead atoms. The molecule has 1 aliphatic heterocycles. The first-order valence-corrected chi connectivity index (χ1v) is 7.21. The number of piperidine rings is 1. The van der Waals surface area contributed by atoms with Crippen LogP contribution in [0.2, 0.25) is 0 Å². The highest BCUT2D eigenvalue weighted by Gasteiger charge is 2.56. The first-order valence-electron chi connectivity index (χ1n) is 7.21. The van der Waals surface area contributed by atoms with E-state index in [4.69, 9.17) is 11.0 Å². The third kappa shape index (κ3) is 1.86. The van der Waals surface area contributed by atoms with Crippen LogP contribution >= 0.6 is 0 Å². The second-order valence-electron chi connectivity index (χ2n) is 6.39. The summed E-state index contributed by atoms with van der Waals surface area (Å²) in [6, 6.07) is 1.49. The maximum Gasteiger partial charge on any atom is 0.241 e. The third-order valence-electron chi connectivity index (χ3n) is 5.35. The molecule has 1 saturated heterocycles. The number of fused-ring (bicyclic) bond motifs is 1. The van der Waals surface area contributed by atoms with E-state index in [9.17, 15) is 9.90 Å². The lowest BCUT2D eigenvalue weighted by atomic mass is 9.79. The highest BCUT2D eigenvalue weighted by Crippen LogP contribution is 2.49. The molecule has 4 unspecified atom stereocenters. The first-order chi connectivity index (χ1) is 9.13. The number of aliphatic hydroxyl groups is 1. The van der Waals surface area contributed by atoms with E-state index in [0.717, 1.165) is 38.5 Å². The van der Waals surface area contributed by atoms with E-state index in [0.29, 0.717) is 5.92 Å². The monoisotopic (exact) mass is 263 g/mol. The average Bonchev–Trinajstić information content (AvgIpc) is 2.91. The van der Waals surface area contributed by atoms with Gasteiger partial charge in [0.15, 0.2) is 0 Å². The smallest absolute Gasteiger partial charge is 0.241 e. The lowest BCUT2D eigenvalue weighted by molar-refractivity contribution is -0.137. The summed E-state index contributed by atoms with van der Waals surface area (Å²) in [5, 5.41) is 18.8. The quantitative estimate of drug-likeness (QED) is 0.770. The molecule has 3 fully saturated rings. The third-order valence-corrected chi connectivity index (χ3v) is 5.35. The molecule has 2 saturated carbocycles. The fraction of sp³-hybridized carbons (Fsp3) is 0.857. The van der Waals surface area contributed by atoms with Crippen molar-refractivity contribution < 1.29 is 9.90 Å². The van der Waals surface area contributed by atoms with Gasteiger partial charge in [-0.15, -0.1) is 0 Å². The second kappa shape index (κ2) is 4.46. The fourth-order valence-electron chi connectivity index (χ4n) is 3.96. The van der Waals surface area contributed by atoms with Crippen molar-refractivity contribution in [2.45, 2.75) is 56.7 Å². The van der Waals surface area contributed by atoms with Crippen LogP contribution in [0.3, 0.4) is 0 Å². The van der Waals surface area contributed by atoms with Crippen LogP contribution in [-0.4, -0.2) is 40.6 Å². The summed E-state index contributed by atoms with van der Waals surface area (Å²) in [5.41, 5.74) is 5.73. The van der Waals surface area contributed by atoms with Crippen molar-refractivity contribution in [1.29, 1.82) is 5.26 Å². The number of likely N-dealkylation sites (tertiary alicyclic amines) is 1. The number of hydrogen-bond acceptors (Lipinski definition) is 4. The van der Waals surface area contributed by atoms with Crippen LogP contribution in [0.15, 0.2) is 0 Å². The lowest BCUT2D eigenvalue weighted by Crippen LogP contribution is -2.55. The Hall–Kier alpha value is -1.12. The first kappa shape index (κ1) is 12.9. The molecule has 104 valence electrons. The van der Waals surface area contributed by atoms with Crippen LogP contribution in [0.25, 0.3) is 0 Å². The van der Waals surface area contributed by atoms with Crippen LogP contribution in [-0.2, 0) is 4.79 Å². The Bertz CT molecular complexity index is 425. The number of nitrogens with zero attached hydrogens (tertiary/aromatic N) is 2. The molecule has 19 heavy (non-hydrogen) atoms. The Morgan fingerprint density at radius 1 is 1.47 bits per heavy atom. The van der Waals surface area contributed by atoms with E-state index in [1.54, 1.807) is 4.90 Å². The fourth-order valence-corrected chi connectivity index (χ4v) is 3.96. The van der Waals surface area contributed by atoms with Crippen LogP contribution in [0.5, 0.6) is 0 Å². The van der Waals surface area contributed by atoms with Crippen molar-refractivity contribution >= 4 is 5.91 Å². The van der Waals surface area contributed by atoms with Gasteiger partial charge < -0.3 is 15.7 Å². The lowest BCUT2D eigenvalue weighted by Gasteiger charge is -2.36. The number of aliphatic hydroxyl groups excluding tert-OH is 1. The summed E-state index contributed by atoms with van der Waals surface area (Å²) in [6.07, 6.45) is 5.49. The molecule has 0 aromatic carbocycles. The maximum atomic E-state index is 12.6. The maximum absolute atomic E-state index is 12.6. The van der Waals surface area contributed by atoms with Crippen LogP contribution in [0.4, 0.5) is 0 Å². The summed E-state index contributed by atoms with van der Waals surface area (Å²) >= 11 is 0. The molecule has 3 N–H and O–H groups in total. The molecular weight excluding hydrogens is 242 g/mol. The molecule has 0 aromatic rings. The predicted octanol–water partition coefficient (Wildman–Crippen LogP) is 0.379. The molecule has 4 atom stereocenters. The minimum atomic E-state index is -0.657. The van der Waals surface area contributed by atoms with E-state index in [1.807, 2.05) is 0 Å². The topological polar surface area (TPSA) is 90.4 Å². The zero-order chi connectivity index (χ0) is 13.6. The summed E-state index contributed by atoms with van der Waals surface area (Å²) in [4.78, 5) is 14.4. The standard InChI is InChI=1S/C14H21N3O2/c15-7-10-5-9-6-11(9)17(10)13(19)12(16)14(8-18)3-1-2-4-14/h9-12,18H,1-6,8,16H2. The molecule has 1 amide bonds. The molecule has 3 rings (SSSR count). The molecule has 5 nitrogen and oxygen atoms in total. The van der Waals surface area contributed by atoms with E-state index in [1.165, 1.54) is 0 Å². The number of carbonyl (C=O) groups excluding carboxylic acids is 1. The van der Waals surface area contributed by atoms with Gasteiger partial charge in [-0.3, -0.25) is 4.79 Å². The average molecular weight is 263 g/mol. The summed E-state index contributed by atoms with van der Waals surface area (Å²) in [6.45, 7) is -0.0287. The normalized spacial score (nSPS) is 36.7. The van der Waals surface area contributed by atoms with Crippen molar-refractivity contribution in [2.24, 2.45) is 17.1 Å². The van der Waals surface area contributed by atoms with Gasteiger partial charge in [-0.1, -0.05) is 12.8 Å². The van der Waals surface area contributed by atoms with Crippen molar-refractivity contribution in [3.8, 4) is 6.07 Å². The molecule has 3 aliphatic rings. The van der Waals surface area contributed by atoms with Gasteiger partial charge in [0.1, 0.15) is 6.04 Å². The molecular formula is C14H21N3O2. The summed E-state index contributed by atoms with van der Waals surface area (Å²) in [5.74, 6) is 0.391. The highest BCUT2D eigenvalue weighted by molar-refractivity contribution is 5.84. The van der Waals surface area contributed by atoms with Gasteiger partial charge in [0, 0.05) is 11.5 Å². The largest absolute Gasteiger partial charge is 0.396 e. The SMILES string of the molecule is N#CC1CC2CC2N1C(=O)C(N)C1(CO)CCCC1. The van der Waals surface area contributed by atoms with Gasteiger partial charge >= 0.3 is 0 Å². The number of hydrogen-bond donors (Lipinski definition) is 2. The van der Waals surface area contributed by atoms with Crippen LogP contribution in [0, 0.1) is 22.7 Å². The number of nitrogens with two attached hydrogens (primary N) is 1. The van der Waals surface area contributed by atoms with Gasteiger partial charge in [0.05, 0.1) is 18.7 Å². The molecule has 1 heterocycles. The number of nitriles is 1. The van der Waals surface area contributed by atoms with E-state index in [-0.39, 0.29) is 24.6 Å². The molecule has 0 aromatic heterocycles. The van der Waals surface area contributed by atoms with Crippen molar-refractivity contribution in [1.82, 2.24) is 4.90 Å². The zero-order valence-corrected chi connectivity index (χ0v) is 11.1. The Kier molecular flexibility index (Phi) is 3.03. The van der Waals surface area contributed by atoms with E-state index in [2.05, 4.69) is 6.07 Å². The second-order valence-corrected chi connectivity index (χ2v) is 6.39. The number of rotatable bonds is 3. The Morgan fingerprint density at radius 3 is 2.74 bits per heavy atom. The molecule has 0 radical (unpaired) electrons. The highest BCUT2D eigenvalue weighted by atomic mass is 16.3. The minimum absolute atomic E-state index is 0.0287. The van der Waals surface area contributed by atoms with Gasteiger partial charge in [-0.05, 0) is 31.6 Å². The van der Waals surface area contributed by atoms with E-state index < -0.39 is 11.5 Å². The summed E-state index contributed by atoms with van der Waals surface area (Å²) in [7, 11) is 0. The van der Waals surface area contributed by atoms with Crippen LogP contribution in [0.1, 0.15) is 38.5 Å². The van der Waals surface area contributed by atoms with Crippen molar-refractivity contribution in [3.05, 3.63) is 0 Å².